The van der Waals surface area contributed by atoms with Crippen molar-refractivity contribution in [3.63, 3.8) is 0 Å². The normalized spacial score (nSPS) is 12.3. The zero-order valence-corrected chi connectivity index (χ0v) is 13.9. The lowest BCUT2D eigenvalue weighted by atomic mass is 10.1. The Bertz CT molecular complexity index is 878. The number of nitrogens with one attached hydrogen (secondary N) is 1. The first-order valence-electron chi connectivity index (χ1n) is 7.72. The molecule has 1 aliphatic heterocycles. The summed E-state index contributed by atoms with van der Waals surface area (Å²) in [6, 6.07) is 9.99. The lowest BCUT2D eigenvalue weighted by Gasteiger charge is -2.08. The van der Waals surface area contributed by atoms with Gasteiger partial charge in [-0.2, -0.15) is 0 Å². The molecule has 0 aromatic heterocycles. The molecule has 0 bridgehead atoms. The van der Waals surface area contributed by atoms with E-state index in [-0.39, 0.29) is 18.0 Å². The van der Waals surface area contributed by atoms with E-state index in [1.165, 1.54) is 24.3 Å². The van der Waals surface area contributed by atoms with Gasteiger partial charge in [-0.25, -0.2) is 0 Å². The topological polar surface area (TPSA) is 99.9 Å². The molecule has 1 N–H and O–H groups in total. The molecule has 0 atom stereocenters. The highest BCUT2D eigenvalue weighted by Gasteiger charge is 2.22. The average molecular weight is 356 g/mol. The minimum Gasteiger partial charge on any atom is -0.454 e. The first kappa shape index (κ1) is 17.4. The van der Waals surface area contributed by atoms with Crippen LogP contribution in [0.3, 0.4) is 0 Å². The lowest BCUT2D eigenvalue weighted by Crippen LogP contribution is -2.10. The summed E-state index contributed by atoms with van der Waals surface area (Å²) in [5, 5.41) is 14.0. The Labute approximate surface area is 149 Å². The van der Waals surface area contributed by atoms with Crippen molar-refractivity contribution < 1.29 is 23.9 Å². The second-order valence-corrected chi connectivity index (χ2v) is 5.43. The van der Waals surface area contributed by atoms with E-state index >= 15 is 0 Å². The summed E-state index contributed by atoms with van der Waals surface area (Å²) in [6.07, 6.45) is 2.60. The van der Waals surface area contributed by atoms with Crippen molar-refractivity contribution in [2.45, 2.75) is 6.61 Å². The van der Waals surface area contributed by atoms with E-state index in [1.807, 2.05) is 12.1 Å². The summed E-state index contributed by atoms with van der Waals surface area (Å²) >= 11 is 0. The molecule has 1 aliphatic rings. The number of methoxy groups -OCH3 is 1. The average Bonchev–Trinajstić information content (AvgIpc) is 3.08. The molecule has 2 aromatic carbocycles. The SMILES string of the molecule is COCc1ccccc1NC(=O)/C=C/c1cc2c(cc1[N+](=O)[O-])OCO2. The van der Waals surface area contributed by atoms with Gasteiger partial charge in [-0.1, -0.05) is 18.2 Å². The van der Waals surface area contributed by atoms with Gasteiger partial charge < -0.3 is 19.5 Å². The number of benzene rings is 2. The van der Waals surface area contributed by atoms with E-state index < -0.39 is 10.8 Å². The third kappa shape index (κ3) is 3.81. The van der Waals surface area contributed by atoms with Crippen molar-refractivity contribution in [1.29, 1.82) is 0 Å². The second kappa shape index (κ2) is 7.66. The van der Waals surface area contributed by atoms with Crippen LogP contribution in [-0.2, 0) is 16.1 Å². The molecule has 0 aliphatic carbocycles. The fourth-order valence-electron chi connectivity index (χ4n) is 2.50. The number of rotatable bonds is 6. The third-order valence-corrected chi connectivity index (χ3v) is 3.71. The highest BCUT2D eigenvalue weighted by Crippen LogP contribution is 2.38. The number of para-hydroxylation sites is 1. The standard InChI is InChI=1S/C18H16N2O6/c1-24-10-13-4-2-3-5-14(13)19-18(21)7-6-12-8-16-17(26-11-25-16)9-15(12)20(22)23/h2-9H,10-11H2,1H3,(H,19,21)/b7-6+. The maximum atomic E-state index is 12.2. The van der Waals surface area contributed by atoms with Crippen molar-refractivity contribution in [1.82, 2.24) is 0 Å². The van der Waals surface area contributed by atoms with Gasteiger partial charge in [-0.3, -0.25) is 14.9 Å². The smallest absolute Gasteiger partial charge is 0.280 e. The van der Waals surface area contributed by atoms with Crippen LogP contribution in [0.25, 0.3) is 6.08 Å². The molecule has 8 nitrogen and oxygen atoms in total. The second-order valence-electron chi connectivity index (χ2n) is 5.43. The molecule has 0 saturated carbocycles. The zero-order valence-electron chi connectivity index (χ0n) is 13.9. The monoisotopic (exact) mass is 356 g/mol. The van der Waals surface area contributed by atoms with Crippen molar-refractivity contribution in [3.8, 4) is 11.5 Å². The van der Waals surface area contributed by atoms with Gasteiger partial charge in [0.15, 0.2) is 11.5 Å². The number of nitrogens with zero attached hydrogens (tertiary/aromatic N) is 1. The molecule has 8 heteroatoms. The Balaban J connectivity index is 1.80. The van der Waals surface area contributed by atoms with E-state index in [4.69, 9.17) is 14.2 Å². The highest BCUT2D eigenvalue weighted by molar-refractivity contribution is 6.02. The van der Waals surface area contributed by atoms with Gasteiger partial charge in [0.2, 0.25) is 12.7 Å². The Morgan fingerprint density at radius 2 is 2.04 bits per heavy atom. The first-order chi connectivity index (χ1) is 12.6. The maximum absolute atomic E-state index is 12.2. The molecular weight excluding hydrogens is 340 g/mol. The van der Waals surface area contributed by atoms with Crippen molar-refractivity contribution in [2.75, 3.05) is 19.2 Å². The van der Waals surface area contributed by atoms with Gasteiger partial charge in [0.05, 0.1) is 23.2 Å². The predicted molar refractivity (Wildman–Crippen MR) is 94.0 cm³/mol. The third-order valence-electron chi connectivity index (χ3n) is 3.71. The quantitative estimate of drug-likeness (QED) is 0.485. The molecule has 0 radical (unpaired) electrons. The number of ether oxygens (including phenoxy) is 3. The number of amides is 1. The Hall–Kier alpha value is -3.39. The summed E-state index contributed by atoms with van der Waals surface area (Å²) in [7, 11) is 1.57. The number of carbonyl (C=O) groups is 1. The zero-order chi connectivity index (χ0) is 18.5. The fourth-order valence-corrected chi connectivity index (χ4v) is 2.50. The van der Waals surface area contributed by atoms with Gasteiger partial charge in [0.1, 0.15) is 0 Å². The minimum absolute atomic E-state index is 0.0103. The Morgan fingerprint density at radius 3 is 2.77 bits per heavy atom. The van der Waals surface area contributed by atoms with Gasteiger partial charge in [0, 0.05) is 24.4 Å². The van der Waals surface area contributed by atoms with E-state index in [0.717, 1.165) is 5.56 Å². The first-order valence-corrected chi connectivity index (χ1v) is 7.72. The van der Waals surface area contributed by atoms with Gasteiger partial charge in [-0.15, -0.1) is 0 Å². The summed E-state index contributed by atoms with van der Waals surface area (Å²) < 4.78 is 15.5. The van der Waals surface area contributed by atoms with E-state index in [9.17, 15) is 14.9 Å². The van der Waals surface area contributed by atoms with Crippen LogP contribution < -0.4 is 14.8 Å². The van der Waals surface area contributed by atoms with Crippen LogP contribution in [0.5, 0.6) is 11.5 Å². The number of nitro benzene ring substituents is 1. The molecule has 0 spiro atoms. The van der Waals surface area contributed by atoms with E-state index in [2.05, 4.69) is 5.32 Å². The van der Waals surface area contributed by atoms with Gasteiger partial charge >= 0.3 is 0 Å². The van der Waals surface area contributed by atoms with Crippen molar-refractivity contribution in [3.05, 3.63) is 63.7 Å². The Kier molecular flexibility index (Phi) is 5.14. The summed E-state index contributed by atoms with van der Waals surface area (Å²) in [5.41, 5.74) is 1.52. The molecule has 0 saturated heterocycles. The van der Waals surface area contributed by atoms with E-state index in [1.54, 1.807) is 19.2 Å². The predicted octanol–water partition coefficient (Wildman–Crippen LogP) is 3.12. The molecule has 3 rings (SSSR count). The summed E-state index contributed by atoms with van der Waals surface area (Å²) in [6.45, 7) is 0.365. The fraction of sp³-hybridized carbons (Fsp3) is 0.167. The number of carbonyl (C=O) groups excluding carboxylic acids is 1. The van der Waals surface area contributed by atoms with Crippen LogP contribution in [0.2, 0.25) is 0 Å². The number of fused-ring (bicyclic) bond motifs is 1. The van der Waals surface area contributed by atoms with Crippen LogP contribution >= 0.6 is 0 Å². The molecule has 1 heterocycles. The molecule has 0 fully saturated rings. The minimum atomic E-state index is -0.534. The van der Waals surface area contributed by atoms with Gasteiger partial charge in [0.25, 0.3) is 5.69 Å². The summed E-state index contributed by atoms with van der Waals surface area (Å²) in [4.78, 5) is 22.9. The Morgan fingerprint density at radius 1 is 1.31 bits per heavy atom. The van der Waals surface area contributed by atoms with Crippen LogP contribution in [-0.4, -0.2) is 24.7 Å². The highest BCUT2D eigenvalue weighted by atomic mass is 16.7. The largest absolute Gasteiger partial charge is 0.454 e. The maximum Gasteiger partial charge on any atom is 0.280 e. The lowest BCUT2D eigenvalue weighted by molar-refractivity contribution is -0.385. The van der Waals surface area contributed by atoms with Crippen LogP contribution in [0, 0.1) is 10.1 Å². The summed E-state index contributed by atoms with van der Waals surface area (Å²) in [5.74, 6) is 0.299. The molecule has 26 heavy (non-hydrogen) atoms. The van der Waals surface area contributed by atoms with Crippen LogP contribution in [0.1, 0.15) is 11.1 Å². The number of hydrogen-bond donors (Lipinski definition) is 1. The molecule has 134 valence electrons. The molecule has 2 aromatic rings. The molecular formula is C18H16N2O6. The molecule has 1 amide bonds. The van der Waals surface area contributed by atoms with Gasteiger partial charge in [-0.05, 0) is 18.2 Å². The molecule has 0 unspecified atom stereocenters. The van der Waals surface area contributed by atoms with Crippen LogP contribution in [0.15, 0.2) is 42.5 Å². The number of nitro groups is 1. The van der Waals surface area contributed by atoms with E-state index in [0.29, 0.717) is 23.8 Å². The van der Waals surface area contributed by atoms with Crippen molar-refractivity contribution in [2.24, 2.45) is 0 Å². The van der Waals surface area contributed by atoms with Crippen molar-refractivity contribution >= 4 is 23.4 Å². The number of hydrogen-bond acceptors (Lipinski definition) is 6. The number of anilines is 1. The van der Waals surface area contributed by atoms with Crippen LogP contribution in [0.4, 0.5) is 11.4 Å².